The number of hydrogen-bond donors (Lipinski definition) is 3. The van der Waals surface area contributed by atoms with Crippen molar-refractivity contribution in [3.8, 4) is 0 Å². The second kappa shape index (κ2) is 29.4. The summed E-state index contributed by atoms with van der Waals surface area (Å²) >= 11 is 0. The van der Waals surface area contributed by atoms with Crippen LogP contribution in [0.25, 0.3) is 0 Å². The van der Waals surface area contributed by atoms with Gasteiger partial charge < -0.3 is 55.6 Å². The maximum atomic E-state index is 13.3. The van der Waals surface area contributed by atoms with Crippen molar-refractivity contribution in [2.24, 2.45) is 35.5 Å². The number of hydrogen-bond acceptors (Lipinski definition) is 13. The van der Waals surface area contributed by atoms with Crippen LogP contribution in [-0.2, 0) is 38.6 Å². The van der Waals surface area contributed by atoms with Crippen molar-refractivity contribution in [1.29, 1.82) is 0 Å². The van der Waals surface area contributed by atoms with Crippen molar-refractivity contribution in [1.82, 2.24) is 16.0 Å². The molecule has 0 bridgehead atoms. The Balaban J connectivity index is -0.00000702. The quantitative estimate of drug-likeness (QED) is 0.0695. The van der Waals surface area contributed by atoms with Crippen LogP contribution in [0.5, 0.6) is 0 Å². The molecule has 2 aromatic rings. The van der Waals surface area contributed by atoms with E-state index < -0.39 is 87.0 Å². The van der Waals surface area contributed by atoms with E-state index in [2.05, 4.69) is 16.0 Å². The smallest absolute Gasteiger partial charge is 0.550 e. The van der Waals surface area contributed by atoms with Gasteiger partial charge in [-0.25, -0.2) is 8.42 Å². The molecule has 0 aromatic heterocycles. The van der Waals surface area contributed by atoms with Gasteiger partial charge in [0.25, 0.3) is 0 Å². The molecule has 7 atom stereocenters. The molecular formula is C36H45N3Na4O12S. The van der Waals surface area contributed by atoms with Crippen LogP contribution in [-0.4, -0.2) is 76.5 Å². The molecule has 0 aliphatic rings. The van der Waals surface area contributed by atoms with E-state index in [1.807, 2.05) is 6.92 Å². The number of amides is 2. The van der Waals surface area contributed by atoms with E-state index in [0.29, 0.717) is 24.9 Å². The van der Waals surface area contributed by atoms with Gasteiger partial charge in [-0.15, -0.1) is 0 Å². The average molecular weight is 836 g/mol. The van der Waals surface area contributed by atoms with Crippen LogP contribution in [0.1, 0.15) is 50.2 Å². The third kappa shape index (κ3) is 17.4. The minimum absolute atomic E-state index is 0. The van der Waals surface area contributed by atoms with Gasteiger partial charge in [-0.3, -0.25) is 9.59 Å². The normalized spacial score (nSPS) is 14.4. The fraction of sp³-hybridized carbons (Fsp3) is 0.500. The number of benzene rings is 2. The van der Waals surface area contributed by atoms with Crippen LogP contribution in [0.4, 0.5) is 0 Å². The molecule has 20 heteroatoms. The molecule has 0 aliphatic carbocycles. The summed E-state index contributed by atoms with van der Waals surface area (Å²) in [5.41, 5.74) is 1.26. The fourth-order valence-electron chi connectivity index (χ4n) is 6.48. The van der Waals surface area contributed by atoms with Crippen LogP contribution < -0.4 is 155 Å². The second-order valence-electron chi connectivity index (χ2n) is 12.6. The molecule has 286 valence electrons. The molecule has 0 aliphatic heterocycles. The molecule has 0 heterocycles. The summed E-state index contributed by atoms with van der Waals surface area (Å²) < 4.78 is 25.0. The molecule has 0 saturated carbocycles. The zero-order valence-electron chi connectivity index (χ0n) is 33.5. The van der Waals surface area contributed by atoms with E-state index in [0.717, 1.165) is 19.5 Å². The number of carbonyl (C=O) groups is 6. The Morgan fingerprint density at radius 3 is 1.59 bits per heavy atom. The van der Waals surface area contributed by atoms with Crippen LogP contribution in [0.3, 0.4) is 0 Å². The number of unbranched alkanes of at least 4 members (excludes halogenated alkanes) is 1. The average Bonchev–Trinajstić information content (AvgIpc) is 3.09. The van der Waals surface area contributed by atoms with Gasteiger partial charge in [0.05, 0.1) is 16.6 Å². The molecule has 0 radical (unpaired) electrons. The van der Waals surface area contributed by atoms with Crippen molar-refractivity contribution in [3.05, 3.63) is 65.7 Å². The second-order valence-corrected chi connectivity index (χ2v) is 14.7. The predicted molar refractivity (Wildman–Crippen MR) is 179 cm³/mol. The number of rotatable bonds is 23. The molecule has 2 aromatic carbocycles. The molecule has 15 nitrogen and oxygen atoms in total. The Kier molecular flexibility index (Phi) is 31.2. The number of carbonyl (C=O) groups excluding carboxylic acids is 6. The summed E-state index contributed by atoms with van der Waals surface area (Å²) in [7, 11) is -2.47. The van der Waals surface area contributed by atoms with Gasteiger partial charge in [-0.2, -0.15) is 0 Å². The number of aryl methyl sites for hydroxylation is 1. The molecule has 2 amide bonds. The van der Waals surface area contributed by atoms with E-state index in [1.54, 1.807) is 30.3 Å². The standard InChI is InChI=1S/C36H49N3O12S.4Na/c1-5-25(23-11-7-6-8-12-23)27(34(44)45)30(36(48)49)28(32(41)37-4)29(35(46)47)26(33(42)43)22(3)31(40)39-18-10-9-17-38-19-20-52(50,51)24-15-13-21(2)14-16-24;;;;/h6-8,11-16,22,25-30,38H,5,9-10,17-20H2,1-4H3,(H,37,41)(H,39,40)(H,42,43)(H,44,45)(H,46,47)(H,48,49);;;;/q;4*+1/p-4. The summed E-state index contributed by atoms with van der Waals surface area (Å²) in [5.74, 6) is -25.6. The summed E-state index contributed by atoms with van der Waals surface area (Å²) in [6.45, 7) is 4.96. The summed E-state index contributed by atoms with van der Waals surface area (Å²) in [4.78, 5) is 77.1. The van der Waals surface area contributed by atoms with Gasteiger partial charge in [0.2, 0.25) is 11.8 Å². The first kappa shape index (κ1) is 59.5. The van der Waals surface area contributed by atoms with Gasteiger partial charge in [-0.05, 0) is 56.3 Å². The Bertz CT molecular complexity index is 1670. The van der Waals surface area contributed by atoms with Crippen molar-refractivity contribution in [3.63, 3.8) is 0 Å². The van der Waals surface area contributed by atoms with Crippen molar-refractivity contribution >= 4 is 45.5 Å². The maximum Gasteiger partial charge on any atom is 1.00 e. The first-order valence-electron chi connectivity index (χ1n) is 16.9. The fourth-order valence-corrected chi connectivity index (χ4v) is 7.67. The van der Waals surface area contributed by atoms with Crippen LogP contribution >= 0.6 is 0 Å². The molecule has 56 heavy (non-hydrogen) atoms. The zero-order chi connectivity index (χ0) is 39.2. The number of aliphatic carboxylic acids is 4. The van der Waals surface area contributed by atoms with Crippen molar-refractivity contribution < 1.29 is 176 Å². The van der Waals surface area contributed by atoms with Crippen molar-refractivity contribution in [2.45, 2.75) is 50.8 Å². The summed E-state index contributed by atoms with van der Waals surface area (Å²) in [5, 5.41) is 58.0. The number of carboxylic acid groups (broad SMARTS) is 4. The first-order chi connectivity index (χ1) is 24.5. The van der Waals surface area contributed by atoms with Gasteiger partial charge in [0.1, 0.15) is 0 Å². The van der Waals surface area contributed by atoms with E-state index in [-0.39, 0.29) is 148 Å². The van der Waals surface area contributed by atoms with E-state index in [9.17, 15) is 57.6 Å². The Hall–Kier alpha value is -0.830. The van der Waals surface area contributed by atoms with Crippen molar-refractivity contribution in [2.75, 3.05) is 32.4 Å². The van der Waals surface area contributed by atoms with Gasteiger partial charge in [0, 0.05) is 73.6 Å². The first-order valence-corrected chi connectivity index (χ1v) is 18.5. The van der Waals surface area contributed by atoms with Crippen LogP contribution in [0.15, 0.2) is 59.5 Å². The Morgan fingerprint density at radius 2 is 1.12 bits per heavy atom. The number of nitrogens with one attached hydrogen (secondary N) is 3. The SMILES string of the molecule is CCC(c1ccccc1)C(C(=O)[O-])C(C(=O)[O-])C(C(=O)NC)C(C(=O)[O-])C(C(=O)[O-])C(C)C(=O)NCCCCNCCS(=O)(=O)c1ccc(C)cc1.[Na+].[Na+].[Na+].[Na+]. The predicted octanol–water partition coefficient (Wildman–Crippen LogP) is -15.1. The maximum absolute atomic E-state index is 13.3. The van der Waals surface area contributed by atoms with E-state index in [1.165, 1.54) is 31.2 Å². The summed E-state index contributed by atoms with van der Waals surface area (Å²) in [6.07, 6.45) is 0.796. The van der Waals surface area contributed by atoms with Gasteiger partial charge in [-0.1, -0.05) is 61.9 Å². The molecule has 0 saturated heterocycles. The zero-order valence-corrected chi connectivity index (χ0v) is 42.3. The number of carboxylic acids is 4. The van der Waals surface area contributed by atoms with Crippen LogP contribution in [0, 0.1) is 42.4 Å². The minimum atomic E-state index is -3.49. The molecule has 0 spiro atoms. The molecule has 7 unspecified atom stereocenters. The third-order valence-corrected chi connectivity index (χ3v) is 11.0. The molecule has 3 N–H and O–H groups in total. The van der Waals surface area contributed by atoms with Gasteiger partial charge >= 0.3 is 118 Å². The molecular weight excluding hydrogens is 790 g/mol. The largest absolute Gasteiger partial charge is 1.00 e. The number of sulfone groups is 1. The Labute approximate surface area is 416 Å². The third-order valence-electron chi connectivity index (χ3n) is 9.25. The molecule has 0 fully saturated rings. The van der Waals surface area contributed by atoms with E-state index in [4.69, 9.17) is 0 Å². The molecule has 2 rings (SSSR count). The van der Waals surface area contributed by atoms with E-state index >= 15 is 0 Å². The topological polar surface area (TPSA) is 265 Å². The Morgan fingerprint density at radius 1 is 0.643 bits per heavy atom. The van der Waals surface area contributed by atoms with Gasteiger partial charge in [0.15, 0.2) is 9.84 Å². The van der Waals surface area contributed by atoms with Crippen LogP contribution in [0.2, 0.25) is 0 Å². The monoisotopic (exact) mass is 835 g/mol. The summed E-state index contributed by atoms with van der Waals surface area (Å²) in [6, 6.07) is 14.2. The minimum Gasteiger partial charge on any atom is -0.550 e.